The molecule has 0 aliphatic carbocycles. The molecular formula is C17H14ClNO4S. The van der Waals surface area contributed by atoms with Gasteiger partial charge in [-0.25, -0.2) is 8.42 Å². The van der Waals surface area contributed by atoms with Gasteiger partial charge < -0.3 is 4.42 Å². The summed E-state index contributed by atoms with van der Waals surface area (Å²) in [6, 6.07) is 10.7. The van der Waals surface area contributed by atoms with Gasteiger partial charge in [-0.15, -0.1) is 0 Å². The fraction of sp³-hybridized carbons (Fsp3) is 0.118. The Morgan fingerprint density at radius 2 is 1.79 bits per heavy atom. The van der Waals surface area contributed by atoms with Gasteiger partial charge in [-0.2, -0.15) is 0 Å². The summed E-state index contributed by atoms with van der Waals surface area (Å²) < 4.78 is 32.9. The normalized spacial score (nSPS) is 11.6. The van der Waals surface area contributed by atoms with Crippen molar-refractivity contribution in [2.75, 3.05) is 4.72 Å². The van der Waals surface area contributed by atoms with E-state index >= 15 is 0 Å². The van der Waals surface area contributed by atoms with E-state index in [4.69, 9.17) is 16.0 Å². The van der Waals surface area contributed by atoms with Crippen molar-refractivity contribution in [2.45, 2.75) is 18.7 Å². The SMILES string of the molecule is CC(=O)c1c(C)oc2ccc(NS(=O)(=O)c3ccc(Cl)cc3)cc12. The maximum atomic E-state index is 12.4. The van der Waals surface area contributed by atoms with Crippen LogP contribution >= 0.6 is 11.6 Å². The number of Topliss-reactive ketones (excluding diaryl/α,β-unsaturated/α-hetero) is 1. The van der Waals surface area contributed by atoms with E-state index in [1.165, 1.54) is 31.2 Å². The number of carbonyl (C=O) groups excluding carboxylic acids is 1. The molecule has 1 heterocycles. The lowest BCUT2D eigenvalue weighted by molar-refractivity contribution is 0.101. The average Bonchev–Trinajstić information content (AvgIpc) is 2.82. The number of fused-ring (bicyclic) bond motifs is 1. The number of halogens is 1. The number of hydrogen-bond donors (Lipinski definition) is 1. The smallest absolute Gasteiger partial charge is 0.261 e. The summed E-state index contributed by atoms with van der Waals surface area (Å²) in [7, 11) is -3.75. The molecule has 0 radical (unpaired) electrons. The molecule has 1 N–H and O–H groups in total. The number of ketones is 1. The van der Waals surface area contributed by atoms with E-state index in [0.29, 0.717) is 33.0 Å². The molecule has 0 amide bonds. The predicted octanol–water partition coefficient (Wildman–Crippen LogP) is 4.40. The maximum Gasteiger partial charge on any atom is 0.261 e. The molecule has 0 saturated carbocycles. The van der Waals surface area contributed by atoms with Gasteiger partial charge in [0, 0.05) is 16.1 Å². The van der Waals surface area contributed by atoms with Gasteiger partial charge in [0.05, 0.1) is 10.5 Å². The first-order valence-electron chi connectivity index (χ1n) is 7.10. The number of benzene rings is 2. The summed E-state index contributed by atoms with van der Waals surface area (Å²) >= 11 is 5.78. The van der Waals surface area contributed by atoms with Crippen LogP contribution in [0.1, 0.15) is 23.0 Å². The van der Waals surface area contributed by atoms with E-state index in [1.807, 2.05) is 0 Å². The lowest BCUT2D eigenvalue weighted by Crippen LogP contribution is -2.12. The van der Waals surface area contributed by atoms with Crippen molar-refractivity contribution in [1.29, 1.82) is 0 Å². The Morgan fingerprint density at radius 1 is 1.12 bits per heavy atom. The van der Waals surface area contributed by atoms with E-state index in [2.05, 4.69) is 4.72 Å². The van der Waals surface area contributed by atoms with Crippen molar-refractivity contribution < 1.29 is 17.6 Å². The van der Waals surface area contributed by atoms with E-state index in [0.717, 1.165) is 0 Å². The Balaban J connectivity index is 2.02. The molecular weight excluding hydrogens is 350 g/mol. The van der Waals surface area contributed by atoms with Crippen molar-refractivity contribution in [3.05, 3.63) is 58.8 Å². The Bertz CT molecular complexity index is 1040. The minimum Gasteiger partial charge on any atom is -0.461 e. The lowest BCUT2D eigenvalue weighted by Gasteiger charge is -2.08. The summed E-state index contributed by atoms with van der Waals surface area (Å²) in [6.45, 7) is 3.15. The van der Waals surface area contributed by atoms with Crippen LogP contribution in [0.5, 0.6) is 0 Å². The fourth-order valence-electron chi connectivity index (χ4n) is 2.55. The van der Waals surface area contributed by atoms with Crippen LogP contribution in [0.25, 0.3) is 11.0 Å². The van der Waals surface area contributed by atoms with E-state index < -0.39 is 10.0 Å². The number of aryl methyl sites for hydroxylation is 1. The van der Waals surface area contributed by atoms with Gasteiger partial charge in [-0.3, -0.25) is 9.52 Å². The maximum absolute atomic E-state index is 12.4. The number of sulfonamides is 1. The van der Waals surface area contributed by atoms with Gasteiger partial charge in [-0.1, -0.05) is 11.6 Å². The van der Waals surface area contributed by atoms with Crippen LogP contribution < -0.4 is 4.72 Å². The first-order valence-corrected chi connectivity index (χ1v) is 8.96. The Hall–Kier alpha value is -2.31. The summed E-state index contributed by atoms with van der Waals surface area (Å²) in [4.78, 5) is 11.9. The van der Waals surface area contributed by atoms with Crippen LogP contribution in [-0.4, -0.2) is 14.2 Å². The molecule has 0 unspecified atom stereocenters. The lowest BCUT2D eigenvalue weighted by atomic mass is 10.1. The number of hydrogen-bond acceptors (Lipinski definition) is 4. The van der Waals surface area contributed by atoms with Crippen LogP contribution in [-0.2, 0) is 10.0 Å². The second kappa shape index (κ2) is 5.96. The van der Waals surface area contributed by atoms with Gasteiger partial charge in [0.1, 0.15) is 11.3 Å². The molecule has 3 rings (SSSR count). The first-order chi connectivity index (χ1) is 11.3. The van der Waals surface area contributed by atoms with Gasteiger partial charge in [0.2, 0.25) is 0 Å². The molecule has 7 heteroatoms. The molecule has 3 aromatic rings. The summed E-state index contributed by atoms with van der Waals surface area (Å²) in [5.74, 6) is 0.374. The molecule has 0 aliphatic rings. The highest BCUT2D eigenvalue weighted by molar-refractivity contribution is 7.92. The molecule has 0 spiro atoms. The molecule has 2 aromatic carbocycles. The number of nitrogens with one attached hydrogen (secondary N) is 1. The third kappa shape index (κ3) is 3.02. The Kier molecular flexibility index (Phi) is 4.11. The van der Waals surface area contributed by atoms with Gasteiger partial charge in [0.25, 0.3) is 10.0 Å². The fourth-order valence-corrected chi connectivity index (χ4v) is 3.72. The van der Waals surface area contributed by atoms with Gasteiger partial charge >= 0.3 is 0 Å². The predicted molar refractivity (Wildman–Crippen MR) is 93.2 cm³/mol. The minimum atomic E-state index is -3.75. The molecule has 0 atom stereocenters. The standard InChI is InChI=1S/C17H14ClNO4S/c1-10(20)17-11(2)23-16-8-5-13(9-15(16)17)19-24(21,22)14-6-3-12(18)4-7-14/h3-9,19H,1-2H3. The zero-order chi connectivity index (χ0) is 17.5. The summed E-state index contributed by atoms with van der Waals surface area (Å²) in [5, 5.41) is 1.03. The van der Waals surface area contributed by atoms with Crippen LogP contribution in [0.4, 0.5) is 5.69 Å². The summed E-state index contributed by atoms with van der Waals surface area (Å²) in [6.07, 6.45) is 0. The monoisotopic (exact) mass is 363 g/mol. The number of carbonyl (C=O) groups is 1. The average molecular weight is 364 g/mol. The number of anilines is 1. The highest BCUT2D eigenvalue weighted by Gasteiger charge is 2.18. The van der Waals surface area contributed by atoms with Crippen molar-refractivity contribution in [1.82, 2.24) is 0 Å². The van der Waals surface area contributed by atoms with Crippen LogP contribution in [0.15, 0.2) is 51.8 Å². The van der Waals surface area contributed by atoms with Crippen LogP contribution in [0, 0.1) is 6.92 Å². The molecule has 1 aromatic heterocycles. The van der Waals surface area contributed by atoms with Crippen molar-refractivity contribution in [2.24, 2.45) is 0 Å². The van der Waals surface area contributed by atoms with Gasteiger partial charge in [0.15, 0.2) is 5.78 Å². The Labute approximate surface area is 144 Å². The summed E-state index contributed by atoms with van der Waals surface area (Å²) in [5.41, 5.74) is 1.34. The van der Waals surface area contributed by atoms with Crippen LogP contribution in [0.3, 0.4) is 0 Å². The minimum absolute atomic E-state index is 0.0992. The molecule has 24 heavy (non-hydrogen) atoms. The second-order valence-corrected chi connectivity index (χ2v) is 7.48. The second-order valence-electron chi connectivity index (χ2n) is 5.36. The van der Waals surface area contributed by atoms with E-state index in [1.54, 1.807) is 25.1 Å². The molecule has 0 fully saturated rings. The van der Waals surface area contributed by atoms with Crippen molar-refractivity contribution in [3.8, 4) is 0 Å². The largest absolute Gasteiger partial charge is 0.461 e. The van der Waals surface area contributed by atoms with Gasteiger partial charge in [-0.05, 0) is 56.3 Å². The van der Waals surface area contributed by atoms with Crippen LogP contribution in [0.2, 0.25) is 5.02 Å². The topological polar surface area (TPSA) is 76.4 Å². The Morgan fingerprint density at radius 3 is 2.42 bits per heavy atom. The van der Waals surface area contributed by atoms with Crippen molar-refractivity contribution in [3.63, 3.8) is 0 Å². The first kappa shape index (κ1) is 16.5. The molecule has 5 nitrogen and oxygen atoms in total. The zero-order valence-electron chi connectivity index (χ0n) is 13.0. The third-order valence-corrected chi connectivity index (χ3v) is 5.24. The quantitative estimate of drug-likeness (QED) is 0.697. The molecule has 0 bridgehead atoms. The zero-order valence-corrected chi connectivity index (χ0v) is 14.5. The highest BCUT2D eigenvalue weighted by atomic mass is 35.5. The number of furan rings is 1. The third-order valence-electron chi connectivity index (χ3n) is 3.59. The number of rotatable bonds is 4. The van der Waals surface area contributed by atoms with Crippen molar-refractivity contribution >= 4 is 44.1 Å². The van der Waals surface area contributed by atoms with E-state index in [-0.39, 0.29) is 10.7 Å². The molecule has 0 aliphatic heterocycles. The molecule has 0 saturated heterocycles. The molecule has 124 valence electrons. The van der Waals surface area contributed by atoms with E-state index in [9.17, 15) is 13.2 Å². The highest BCUT2D eigenvalue weighted by Crippen LogP contribution is 2.29.